The monoisotopic (exact) mass is 290 g/mol. The summed E-state index contributed by atoms with van der Waals surface area (Å²) in [6.07, 6.45) is 4.86. The van der Waals surface area contributed by atoms with Gasteiger partial charge in [-0.15, -0.1) is 11.3 Å². The first-order chi connectivity index (χ1) is 9.69. The smallest absolute Gasteiger partial charge is 0.126 e. The summed E-state index contributed by atoms with van der Waals surface area (Å²) >= 11 is 1.81. The molecule has 106 valence electrons. The van der Waals surface area contributed by atoms with Gasteiger partial charge in [0.15, 0.2) is 0 Å². The molecule has 2 nitrogen and oxygen atoms in total. The number of thiophene rings is 1. The van der Waals surface area contributed by atoms with Crippen LogP contribution in [-0.2, 0) is 12.8 Å². The molecule has 0 spiro atoms. The molecule has 20 heavy (non-hydrogen) atoms. The quantitative estimate of drug-likeness (QED) is 0.669. The lowest BCUT2D eigenvalue weighted by Gasteiger charge is -2.15. The Morgan fingerprint density at radius 2 is 2.05 bits per heavy atom. The second kappa shape index (κ2) is 5.64. The maximum atomic E-state index is 13.8. The van der Waals surface area contributed by atoms with Crippen LogP contribution in [0.15, 0.2) is 24.3 Å². The topological polar surface area (TPSA) is 38.0 Å². The molecule has 0 radical (unpaired) electrons. The highest BCUT2D eigenvalue weighted by Crippen LogP contribution is 2.35. The van der Waals surface area contributed by atoms with Gasteiger partial charge < -0.3 is 0 Å². The maximum Gasteiger partial charge on any atom is 0.126 e. The van der Waals surface area contributed by atoms with Crippen molar-refractivity contribution < 1.29 is 4.39 Å². The van der Waals surface area contributed by atoms with Crippen LogP contribution in [0.3, 0.4) is 0 Å². The fourth-order valence-electron chi connectivity index (χ4n) is 2.79. The Hall–Kier alpha value is -1.23. The van der Waals surface area contributed by atoms with E-state index in [9.17, 15) is 4.39 Å². The number of halogens is 1. The van der Waals surface area contributed by atoms with Gasteiger partial charge in [-0.2, -0.15) is 0 Å². The van der Waals surface area contributed by atoms with Gasteiger partial charge >= 0.3 is 0 Å². The van der Waals surface area contributed by atoms with E-state index in [2.05, 4.69) is 11.5 Å². The average molecular weight is 290 g/mol. The first-order valence-corrected chi connectivity index (χ1v) is 7.84. The second-order valence-electron chi connectivity index (χ2n) is 5.41. The van der Waals surface area contributed by atoms with Crippen LogP contribution in [0.1, 0.15) is 45.3 Å². The molecule has 0 fully saturated rings. The van der Waals surface area contributed by atoms with Gasteiger partial charge in [0, 0.05) is 9.75 Å². The molecular formula is C16H19FN2S. The van der Waals surface area contributed by atoms with Crippen LogP contribution in [0.25, 0.3) is 0 Å². The van der Waals surface area contributed by atoms with E-state index in [1.807, 2.05) is 23.5 Å². The zero-order chi connectivity index (χ0) is 14.1. The molecule has 1 aliphatic rings. The molecule has 0 saturated carbocycles. The summed E-state index contributed by atoms with van der Waals surface area (Å²) < 4.78 is 13.8. The number of aryl methyl sites for hydroxylation is 3. The first-order valence-electron chi connectivity index (χ1n) is 7.02. The predicted molar refractivity (Wildman–Crippen MR) is 81.3 cm³/mol. The number of benzene rings is 1. The van der Waals surface area contributed by atoms with Crippen molar-refractivity contribution in [1.29, 1.82) is 0 Å². The van der Waals surface area contributed by atoms with E-state index in [0.29, 0.717) is 5.56 Å². The van der Waals surface area contributed by atoms with Crippen LogP contribution in [0.4, 0.5) is 4.39 Å². The van der Waals surface area contributed by atoms with Crippen molar-refractivity contribution in [2.45, 2.75) is 38.6 Å². The molecule has 1 atom stereocenters. The van der Waals surface area contributed by atoms with Crippen LogP contribution in [-0.4, -0.2) is 0 Å². The number of rotatable bonds is 3. The van der Waals surface area contributed by atoms with Gasteiger partial charge in [0.05, 0.1) is 6.04 Å². The molecule has 1 aliphatic carbocycles. The van der Waals surface area contributed by atoms with Gasteiger partial charge in [0.25, 0.3) is 0 Å². The summed E-state index contributed by atoms with van der Waals surface area (Å²) in [5, 5.41) is 0. The lowest BCUT2D eigenvalue weighted by Crippen LogP contribution is -2.28. The first kappa shape index (κ1) is 13.7. The minimum absolute atomic E-state index is 0.124. The standard InChI is InChI=1S/C16H19FN2S/c1-10-6-7-12(8-13(10)17)16(19-18)15-9-11-4-2-3-5-14(11)20-15/h6-9,16,19H,2-5,18H2,1H3. The molecule has 0 saturated heterocycles. The van der Waals surface area contributed by atoms with E-state index < -0.39 is 0 Å². The normalized spacial score (nSPS) is 15.9. The number of hydrazine groups is 1. The SMILES string of the molecule is Cc1ccc(C(NN)c2cc3c(s2)CCCC3)cc1F. The Kier molecular flexibility index (Phi) is 3.87. The Labute approximate surface area is 122 Å². The third kappa shape index (κ3) is 2.51. The van der Waals surface area contributed by atoms with Crippen molar-refractivity contribution in [3.63, 3.8) is 0 Å². The third-order valence-corrected chi connectivity index (χ3v) is 5.30. The minimum atomic E-state index is -0.177. The molecule has 1 aromatic carbocycles. The van der Waals surface area contributed by atoms with Crippen LogP contribution in [0.5, 0.6) is 0 Å². The lowest BCUT2D eigenvalue weighted by molar-refractivity contribution is 0.601. The fraction of sp³-hybridized carbons (Fsp3) is 0.375. The molecule has 0 bridgehead atoms. The lowest BCUT2D eigenvalue weighted by atomic mass is 9.97. The molecule has 2 aromatic rings. The van der Waals surface area contributed by atoms with Crippen molar-refractivity contribution in [3.05, 3.63) is 56.5 Å². The second-order valence-corrected chi connectivity index (χ2v) is 6.58. The van der Waals surface area contributed by atoms with Crippen molar-refractivity contribution in [2.75, 3.05) is 0 Å². The Bertz CT molecular complexity index is 597. The van der Waals surface area contributed by atoms with Gasteiger partial charge in [-0.25, -0.2) is 9.82 Å². The number of fused-ring (bicyclic) bond motifs is 1. The van der Waals surface area contributed by atoms with Crippen molar-refractivity contribution in [2.24, 2.45) is 5.84 Å². The highest BCUT2D eigenvalue weighted by atomic mass is 32.1. The molecular weight excluding hydrogens is 271 g/mol. The van der Waals surface area contributed by atoms with Crippen molar-refractivity contribution >= 4 is 11.3 Å². The van der Waals surface area contributed by atoms with Crippen molar-refractivity contribution in [3.8, 4) is 0 Å². The van der Waals surface area contributed by atoms with Crippen LogP contribution >= 0.6 is 11.3 Å². The van der Waals surface area contributed by atoms with Gasteiger partial charge in [-0.3, -0.25) is 5.84 Å². The largest absolute Gasteiger partial charge is 0.271 e. The van der Waals surface area contributed by atoms with E-state index in [1.54, 1.807) is 13.0 Å². The summed E-state index contributed by atoms with van der Waals surface area (Å²) in [5.41, 5.74) is 5.83. The molecule has 3 N–H and O–H groups in total. The predicted octanol–water partition coefficient (Wildman–Crippen LogP) is 3.63. The zero-order valence-electron chi connectivity index (χ0n) is 11.6. The highest BCUT2D eigenvalue weighted by Gasteiger charge is 2.20. The van der Waals surface area contributed by atoms with Crippen LogP contribution in [0.2, 0.25) is 0 Å². The molecule has 0 aliphatic heterocycles. The number of nitrogens with one attached hydrogen (secondary N) is 1. The molecule has 1 aromatic heterocycles. The van der Waals surface area contributed by atoms with E-state index in [-0.39, 0.29) is 11.9 Å². The van der Waals surface area contributed by atoms with Gasteiger partial charge in [-0.1, -0.05) is 12.1 Å². The summed E-state index contributed by atoms with van der Waals surface area (Å²) in [7, 11) is 0. The van der Waals surface area contributed by atoms with Crippen LogP contribution < -0.4 is 11.3 Å². The zero-order valence-corrected chi connectivity index (χ0v) is 12.4. The molecule has 1 heterocycles. The van der Waals surface area contributed by atoms with Gasteiger partial charge in [-0.05, 0) is 61.4 Å². The summed E-state index contributed by atoms with van der Waals surface area (Å²) in [6.45, 7) is 1.77. The van der Waals surface area contributed by atoms with E-state index in [0.717, 1.165) is 12.0 Å². The summed E-state index contributed by atoms with van der Waals surface area (Å²) in [5.74, 6) is 5.54. The molecule has 4 heteroatoms. The minimum Gasteiger partial charge on any atom is -0.271 e. The summed E-state index contributed by atoms with van der Waals surface area (Å²) in [6, 6.07) is 7.45. The number of nitrogens with two attached hydrogens (primary N) is 1. The van der Waals surface area contributed by atoms with E-state index in [4.69, 9.17) is 5.84 Å². The molecule has 1 unspecified atom stereocenters. The van der Waals surface area contributed by atoms with E-state index in [1.165, 1.54) is 34.6 Å². The Morgan fingerprint density at radius 3 is 2.75 bits per heavy atom. The number of hydrogen-bond acceptors (Lipinski definition) is 3. The fourth-order valence-corrected chi connectivity index (χ4v) is 4.13. The summed E-state index contributed by atoms with van der Waals surface area (Å²) in [4.78, 5) is 2.65. The van der Waals surface area contributed by atoms with Gasteiger partial charge in [0.2, 0.25) is 0 Å². The average Bonchev–Trinajstić information content (AvgIpc) is 2.87. The maximum absolute atomic E-state index is 13.8. The van der Waals surface area contributed by atoms with E-state index >= 15 is 0 Å². The van der Waals surface area contributed by atoms with Gasteiger partial charge in [0.1, 0.15) is 5.82 Å². The Balaban J connectivity index is 1.96. The molecule has 3 rings (SSSR count). The Morgan fingerprint density at radius 1 is 1.25 bits per heavy atom. The van der Waals surface area contributed by atoms with Crippen LogP contribution in [0, 0.1) is 12.7 Å². The highest BCUT2D eigenvalue weighted by molar-refractivity contribution is 7.12. The number of hydrogen-bond donors (Lipinski definition) is 2. The molecule has 0 amide bonds. The van der Waals surface area contributed by atoms with Crippen molar-refractivity contribution in [1.82, 2.24) is 5.43 Å². The third-order valence-electron chi connectivity index (χ3n) is 4.00.